The number of ketones is 1. The Morgan fingerprint density at radius 3 is 2.23 bits per heavy atom. The van der Waals surface area contributed by atoms with Crippen LogP contribution < -0.4 is 5.32 Å². The predicted molar refractivity (Wildman–Crippen MR) is 99.5 cm³/mol. The zero-order valence-electron chi connectivity index (χ0n) is 13.9. The zero-order valence-corrected chi connectivity index (χ0v) is 13.9. The van der Waals surface area contributed by atoms with Crippen molar-refractivity contribution in [1.29, 1.82) is 0 Å². The van der Waals surface area contributed by atoms with Crippen LogP contribution in [0.2, 0.25) is 0 Å². The van der Waals surface area contributed by atoms with Crippen molar-refractivity contribution in [1.82, 2.24) is 0 Å². The predicted octanol–water partition coefficient (Wildman–Crippen LogP) is 4.14. The van der Waals surface area contributed by atoms with Gasteiger partial charge in [-0.25, -0.2) is 0 Å². The number of carbonyl (C=O) groups is 3. The Balaban J connectivity index is 1.73. The van der Waals surface area contributed by atoms with Crippen LogP contribution in [0.15, 0.2) is 66.7 Å². The van der Waals surface area contributed by atoms with Gasteiger partial charge in [0.05, 0.1) is 6.42 Å². The van der Waals surface area contributed by atoms with E-state index in [0.29, 0.717) is 16.8 Å². The lowest BCUT2D eigenvalue weighted by Gasteiger charge is -2.09. The van der Waals surface area contributed by atoms with Crippen molar-refractivity contribution in [3.8, 4) is 0 Å². The topological polar surface area (TPSA) is 83.5 Å². The van der Waals surface area contributed by atoms with E-state index in [9.17, 15) is 14.4 Å². The molecule has 2 N–H and O–H groups in total. The maximum Gasteiger partial charge on any atom is 0.303 e. The second kappa shape index (κ2) is 7.61. The minimum absolute atomic E-state index is 0.0446. The quantitative estimate of drug-likeness (QED) is 0.657. The number of carbonyl (C=O) groups excluding carboxylic acids is 2. The van der Waals surface area contributed by atoms with Crippen molar-refractivity contribution in [2.24, 2.45) is 0 Å². The lowest BCUT2D eigenvalue weighted by molar-refractivity contribution is -0.136. The number of hydrogen-bond acceptors (Lipinski definition) is 3. The molecule has 0 aliphatic rings. The Bertz CT molecular complexity index is 971. The number of nitrogens with one attached hydrogen (secondary N) is 1. The van der Waals surface area contributed by atoms with E-state index in [1.165, 1.54) is 0 Å². The van der Waals surface area contributed by atoms with Crippen molar-refractivity contribution in [3.63, 3.8) is 0 Å². The van der Waals surface area contributed by atoms with Crippen LogP contribution in [-0.4, -0.2) is 22.8 Å². The van der Waals surface area contributed by atoms with Gasteiger partial charge in [0.15, 0.2) is 5.78 Å². The van der Waals surface area contributed by atoms with Crippen molar-refractivity contribution < 1.29 is 19.5 Å². The number of aliphatic carboxylic acids is 1. The Kier molecular flexibility index (Phi) is 5.08. The SMILES string of the molecule is O=C(O)CCC(=O)c1ccc(NC(=O)c2cccc3ccccc23)cc1. The normalized spacial score (nSPS) is 10.5. The first kappa shape index (κ1) is 17.4. The third-order valence-corrected chi connectivity index (χ3v) is 4.06. The summed E-state index contributed by atoms with van der Waals surface area (Å²) in [5, 5.41) is 13.3. The van der Waals surface area contributed by atoms with Crippen LogP contribution >= 0.6 is 0 Å². The first-order valence-corrected chi connectivity index (χ1v) is 8.19. The van der Waals surface area contributed by atoms with E-state index < -0.39 is 5.97 Å². The Labute approximate surface area is 150 Å². The van der Waals surface area contributed by atoms with E-state index >= 15 is 0 Å². The van der Waals surface area contributed by atoms with Gasteiger partial charge >= 0.3 is 5.97 Å². The van der Waals surface area contributed by atoms with Crippen LogP contribution in [0, 0.1) is 0 Å². The van der Waals surface area contributed by atoms with Gasteiger partial charge in [-0.1, -0.05) is 36.4 Å². The lowest BCUT2D eigenvalue weighted by Crippen LogP contribution is -2.12. The smallest absolute Gasteiger partial charge is 0.303 e. The molecule has 0 saturated carbocycles. The summed E-state index contributed by atoms with van der Waals surface area (Å²) < 4.78 is 0. The monoisotopic (exact) mass is 347 g/mol. The Hall–Kier alpha value is -3.47. The highest BCUT2D eigenvalue weighted by Gasteiger charge is 2.11. The molecule has 0 aliphatic heterocycles. The van der Waals surface area contributed by atoms with E-state index in [2.05, 4.69) is 5.32 Å². The fourth-order valence-electron chi connectivity index (χ4n) is 2.73. The fraction of sp³-hybridized carbons (Fsp3) is 0.0952. The molecule has 3 aromatic rings. The largest absolute Gasteiger partial charge is 0.481 e. The van der Waals surface area contributed by atoms with E-state index in [1.807, 2.05) is 36.4 Å². The number of anilines is 1. The molecule has 0 fully saturated rings. The second-order valence-electron chi connectivity index (χ2n) is 5.88. The third-order valence-electron chi connectivity index (χ3n) is 4.06. The van der Waals surface area contributed by atoms with Crippen molar-refractivity contribution in [2.45, 2.75) is 12.8 Å². The number of carboxylic acid groups (broad SMARTS) is 1. The molecule has 3 aromatic carbocycles. The molecule has 0 aromatic heterocycles. The maximum absolute atomic E-state index is 12.6. The molecule has 3 rings (SSSR count). The second-order valence-corrected chi connectivity index (χ2v) is 5.88. The van der Waals surface area contributed by atoms with Gasteiger partial charge in [0.25, 0.3) is 5.91 Å². The van der Waals surface area contributed by atoms with Gasteiger partial charge in [0.1, 0.15) is 0 Å². The Morgan fingerprint density at radius 2 is 1.50 bits per heavy atom. The molecule has 0 atom stereocenters. The fourth-order valence-corrected chi connectivity index (χ4v) is 2.73. The summed E-state index contributed by atoms with van der Waals surface area (Å²) >= 11 is 0. The average molecular weight is 347 g/mol. The number of Topliss-reactive ketones (excluding diaryl/α,β-unsaturated/α-hetero) is 1. The molecule has 5 nitrogen and oxygen atoms in total. The minimum atomic E-state index is -1.00. The number of fused-ring (bicyclic) bond motifs is 1. The molecule has 0 radical (unpaired) electrons. The molecule has 0 bridgehead atoms. The van der Waals surface area contributed by atoms with Crippen LogP contribution in [0.3, 0.4) is 0 Å². The summed E-state index contributed by atoms with van der Waals surface area (Å²) in [6.45, 7) is 0. The van der Waals surface area contributed by atoms with Gasteiger partial charge in [0.2, 0.25) is 0 Å². The number of benzene rings is 3. The summed E-state index contributed by atoms with van der Waals surface area (Å²) in [5.41, 5.74) is 1.57. The summed E-state index contributed by atoms with van der Waals surface area (Å²) in [5.74, 6) is -1.47. The van der Waals surface area contributed by atoms with E-state index in [0.717, 1.165) is 10.8 Å². The highest BCUT2D eigenvalue weighted by molar-refractivity contribution is 6.13. The molecule has 1 amide bonds. The van der Waals surface area contributed by atoms with Crippen LogP contribution in [0.1, 0.15) is 33.6 Å². The minimum Gasteiger partial charge on any atom is -0.481 e. The van der Waals surface area contributed by atoms with Crippen LogP contribution in [0.4, 0.5) is 5.69 Å². The average Bonchev–Trinajstić information content (AvgIpc) is 2.66. The van der Waals surface area contributed by atoms with E-state index in [-0.39, 0.29) is 24.5 Å². The van der Waals surface area contributed by atoms with Gasteiger partial charge in [0, 0.05) is 23.2 Å². The van der Waals surface area contributed by atoms with Gasteiger partial charge in [-0.15, -0.1) is 0 Å². The molecule has 0 saturated heterocycles. The van der Waals surface area contributed by atoms with Crippen molar-refractivity contribution in [2.75, 3.05) is 5.32 Å². The van der Waals surface area contributed by atoms with Gasteiger partial charge in [-0.05, 0) is 41.1 Å². The van der Waals surface area contributed by atoms with Crippen LogP contribution in [-0.2, 0) is 4.79 Å². The molecule has 0 aliphatic carbocycles. The van der Waals surface area contributed by atoms with Gasteiger partial charge in [-0.2, -0.15) is 0 Å². The standard InChI is InChI=1S/C21H17NO4/c23-19(12-13-20(24)25)15-8-10-16(11-9-15)22-21(26)18-7-3-5-14-4-1-2-6-17(14)18/h1-11H,12-13H2,(H,22,26)(H,24,25). The summed E-state index contributed by atoms with van der Waals surface area (Å²) in [7, 11) is 0. The highest BCUT2D eigenvalue weighted by atomic mass is 16.4. The number of carboxylic acids is 1. The van der Waals surface area contributed by atoms with Gasteiger partial charge in [-0.3, -0.25) is 14.4 Å². The number of rotatable bonds is 6. The molecule has 5 heteroatoms. The summed E-state index contributed by atoms with van der Waals surface area (Å²) in [6, 6.07) is 19.6. The lowest BCUT2D eigenvalue weighted by atomic mass is 10.0. The molecule has 26 heavy (non-hydrogen) atoms. The van der Waals surface area contributed by atoms with E-state index in [1.54, 1.807) is 30.3 Å². The summed E-state index contributed by atoms with van der Waals surface area (Å²) in [4.78, 5) is 35.0. The molecular formula is C21H17NO4. The number of amides is 1. The van der Waals surface area contributed by atoms with Crippen LogP contribution in [0.25, 0.3) is 10.8 Å². The van der Waals surface area contributed by atoms with Gasteiger partial charge < -0.3 is 10.4 Å². The summed E-state index contributed by atoms with van der Waals surface area (Å²) in [6.07, 6.45) is -0.241. The number of hydrogen-bond donors (Lipinski definition) is 2. The molecule has 0 unspecified atom stereocenters. The first-order chi connectivity index (χ1) is 12.5. The molecular weight excluding hydrogens is 330 g/mol. The molecule has 0 spiro atoms. The van der Waals surface area contributed by atoms with Crippen molar-refractivity contribution in [3.05, 3.63) is 77.9 Å². The highest BCUT2D eigenvalue weighted by Crippen LogP contribution is 2.20. The third kappa shape index (κ3) is 3.95. The molecule has 130 valence electrons. The Morgan fingerprint density at radius 1 is 0.808 bits per heavy atom. The van der Waals surface area contributed by atoms with Crippen LogP contribution in [0.5, 0.6) is 0 Å². The van der Waals surface area contributed by atoms with Crippen molar-refractivity contribution >= 4 is 34.1 Å². The maximum atomic E-state index is 12.6. The zero-order chi connectivity index (χ0) is 18.5. The van der Waals surface area contributed by atoms with E-state index in [4.69, 9.17) is 5.11 Å². The molecule has 0 heterocycles. The first-order valence-electron chi connectivity index (χ1n) is 8.19.